The minimum Gasteiger partial charge on any atom is -0.368 e. The number of amides is 3. The van der Waals surface area contributed by atoms with Gasteiger partial charge in [0.05, 0.1) is 12.2 Å². The summed E-state index contributed by atoms with van der Waals surface area (Å²) in [6.07, 6.45) is 6.30. The number of halogens is 1. The number of carbonyl (C=O) groups is 3. The lowest BCUT2D eigenvalue weighted by atomic mass is 10.00. The van der Waals surface area contributed by atoms with Crippen molar-refractivity contribution in [3.05, 3.63) is 65.3 Å². The number of hydrogen-bond donors (Lipinski definition) is 3. The number of benzene rings is 1. The Morgan fingerprint density at radius 2 is 1.92 bits per heavy atom. The average molecular weight is 563 g/mol. The molecule has 3 aromatic rings. The predicted octanol–water partition coefficient (Wildman–Crippen LogP) is 2.10. The smallest absolute Gasteiger partial charge is 0.248 e. The Morgan fingerprint density at radius 1 is 1.11 bits per heavy atom. The number of nitrogens with two attached hydrogens (primary N) is 1. The van der Waals surface area contributed by atoms with Gasteiger partial charge in [0.25, 0.3) is 0 Å². The average Bonchev–Trinajstić information content (AvgIpc) is 3.38. The van der Waals surface area contributed by atoms with Crippen LogP contribution in [0.25, 0.3) is 11.1 Å². The van der Waals surface area contributed by atoms with Crippen LogP contribution < -0.4 is 16.5 Å². The molecule has 4 atom stereocenters. The van der Waals surface area contributed by atoms with E-state index in [0.29, 0.717) is 34.0 Å². The minimum absolute atomic E-state index is 0.0282. The van der Waals surface area contributed by atoms with Crippen LogP contribution in [-0.2, 0) is 14.4 Å². The van der Waals surface area contributed by atoms with E-state index in [1.165, 1.54) is 6.33 Å². The number of rotatable bonds is 6. The maximum absolute atomic E-state index is 13.5. The number of piperidine rings is 1. The summed E-state index contributed by atoms with van der Waals surface area (Å²) >= 11 is 3.30. The number of nitrogens with one attached hydrogen (secondary N) is 2. The first-order valence-corrected chi connectivity index (χ1v) is 12.6. The fourth-order valence-electron chi connectivity index (χ4n) is 5.31. The van der Waals surface area contributed by atoms with Crippen LogP contribution in [0, 0.1) is 5.92 Å². The second-order valence-electron chi connectivity index (χ2n) is 9.42. The number of nitrogens with zero attached hydrogens (tertiary/aromatic N) is 5. The zero-order chi connectivity index (χ0) is 25.7. The fourth-order valence-corrected chi connectivity index (χ4v) is 5.65. The van der Waals surface area contributed by atoms with E-state index in [-0.39, 0.29) is 24.4 Å². The number of anilines is 2. The summed E-state index contributed by atoms with van der Waals surface area (Å²) in [5, 5.41) is 4.36. The van der Waals surface area contributed by atoms with E-state index in [0.717, 1.165) is 17.5 Å². The molecule has 6 rings (SSSR count). The van der Waals surface area contributed by atoms with Gasteiger partial charge in [0, 0.05) is 29.6 Å². The van der Waals surface area contributed by atoms with Crippen LogP contribution in [0.4, 0.5) is 11.5 Å². The highest BCUT2D eigenvalue weighted by atomic mass is 79.9. The van der Waals surface area contributed by atoms with Gasteiger partial charge in [-0.2, -0.15) is 5.01 Å². The van der Waals surface area contributed by atoms with E-state index in [4.69, 9.17) is 5.73 Å². The summed E-state index contributed by atoms with van der Waals surface area (Å²) in [5.74, 6) is -0.374. The first-order chi connectivity index (χ1) is 17.9. The Labute approximate surface area is 220 Å². The highest BCUT2D eigenvalue weighted by Gasteiger charge is 2.56. The van der Waals surface area contributed by atoms with Crippen molar-refractivity contribution in [2.75, 3.05) is 17.3 Å². The second-order valence-corrected chi connectivity index (χ2v) is 10.2. The van der Waals surface area contributed by atoms with Gasteiger partial charge in [-0.1, -0.05) is 12.1 Å². The van der Waals surface area contributed by atoms with Gasteiger partial charge in [0.1, 0.15) is 28.8 Å². The van der Waals surface area contributed by atoms with Crippen molar-refractivity contribution in [3.8, 4) is 11.1 Å². The third kappa shape index (κ3) is 4.42. The molecule has 37 heavy (non-hydrogen) atoms. The Bertz CT molecular complexity index is 1400. The van der Waals surface area contributed by atoms with Gasteiger partial charge in [-0.25, -0.2) is 15.0 Å². The van der Waals surface area contributed by atoms with Crippen LogP contribution >= 0.6 is 15.9 Å². The van der Waals surface area contributed by atoms with E-state index in [9.17, 15) is 14.4 Å². The predicted molar refractivity (Wildman–Crippen MR) is 137 cm³/mol. The largest absolute Gasteiger partial charge is 0.368 e. The summed E-state index contributed by atoms with van der Waals surface area (Å²) in [4.78, 5) is 53.2. The maximum atomic E-state index is 13.5. The number of likely N-dealkylation sites (tertiary alicyclic amines) is 1. The highest BCUT2D eigenvalue weighted by Crippen LogP contribution is 2.48. The quantitative estimate of drug-likeness (QED) is 0.387. The molecule has 1 saturated heterocycles. The third-order valence-corrected chi connectivity index (χ3v) is 7.49. The SMILES string of the molecule is NC(=O)C1c2cc(-c3cncnc3)ccc2NN1CC(=O)N1[C@@H]2C[C@@H]2C[C@H]1C(=O)Nc1cccc(Br)n1. The monoisotopic (exact) mass is 562 g/mol. The summed E-state index contributed by atoms with van der Waals surface area (Å²) < 4.78 is 0.604. The standard InChI is InChI=1S/C25H23BrN8O3/c26-20-2-1-3-21(30-20)31-25(37)19-8-14-7-18(14)34(19)22(35)11-33-23(24(27)36)16-6-13(4-5-17(16)32-33)15-9-28-12-29-10-15/h1-6,9-10,12,14,18-19,23,32H,7-8,11H2,(H2,27,36)(H,30,31,37)/t14-,18-,19+,23?/m1/s1. The lowest BCUT2D eigenvalue weighted by Crippen LogP contribution is -2.50. The van der Waals surface area contributed by atoms with Gasteiger partial charge in [0.15, 0.2) is 0 Å². The first-order valence-electron chi connectivity index (χ1n) is 11.9. The van der Waals surface area contributed by atoms with Crippen molar-refractivity contribution in [2.24, 2.45) is 11.7 Å². The van der Waals surface area contributed by atoms with Gasteiger partial charge in [-0.15, -0.1) is 0 Å². The number of aromatic nitrogens is 3. The van der Waals surface area contributed by atoms with Gasteiger partial charge in [-0.05, 0) is 64.5 Å². The highest BCUT2D eigenvalue weighted by molar-refractivity contribution is 9.10. The fraction of sp³-hybridized carbons (Fsp3) is 0.280. The molecule has 0 radical (unpaired) electrons. The maximum Gasteiger partial charge on any atom is 0.248 e. The number of primary amides is 1. The van der Waals surface area contributed by atoms with Crippen molar-refractivity contribution in [1.82, 2.24) is 24.9 Å². The Balaban J connectivity index is 1.20. The molecule has 1 unspecified atom stereocenters. The van der Waals surface area contributed by atoms with Crippen LogP contribution in [0.5, 0.6) is 0 Å². The molecule has 2 aliphatic heterocycles. The van der Waals surface area contributed by atoms with Crippen molar-refractivity contribution < 1.29 is 14.4 Å². The molecule has 4 heterocycles. The zero-order valence-electron chi connectivity index (χ0n) is 19.5. The summed E-state index contributed by atoms with van der Waals surface area (Å²) in [6, 6.07) is 9.41. The molecular weight excluding hydrogens is 540 g/mol. The second kappa shape index (κ2) is 9.20. The number of hydrazine groups is 1. The molecule has 0 bridgehead atoms. The van der Waals surface area contributed by atoms with Gasteiger partial charge < -0.3 is 21.4 Å². The van der Waals surface area contributed by atoms with Crippen molar-refractivity contribution in [1.29, 1.82) is 0 Å². The molecule has 2 fully saturated rings. The van der Waals surface area contributed by atoms with Crippen LogP contribution in [0.1, 0.15) is 24.4 Å². The van der Waals surface area contributed by atoms with Crippen LogP contribution in [0.15, 0.2) is 59.7 Å². The molecule has 11 nitrogen and oxygen atoms in total. The summed E-state index contributed by atoms with van der Waals surface area (Å²) in [6.45, 7) is -0.117. The Hall–Kier alpha value is -3.90. The Kier molecular flexibility index (Phi) is 5.84. The molecule has 1 aromatic carbocycles. The van der Waals surface area contributed by atoms with Crippen molar-refractivity contribution in [2.45, 2.75) is 31.0 Å². The van der Waals surface area contributed by atoms with Gasteiger partial charge in [-0.3, -0.25) is 14.4 Å². The molecule has 3 aliphatic rings. The van der Waals surface area contributed by atoms with E-state index in [1.54, 1.807) is 40.5 Å². The third-order valence-electron chi connectivity index (χ3n) is 7.05. The molecule has 1 saturated carbocycles. The molecule has 3 amide bonds. The number of fused-ring (bicyclic) bond motifs is 2. The van der Waals surface area contributed by atoms with E-state index in [2.05, 4.69) is 41.6 Å². The lowest BCUT2D eigenvalue weighted by Gasteiger charge is -2.30. The molecule has 2 aromatic heterocycles. The molecule has 12 heteroatoms. The molecular formula is C25H23BrN8O3. The number of pyridine rings is 1. The lowest BCUT2D eigenvalue weighted by molar-refractivity contribution is -0.139. The summed E-state index contributed by atoms with van der Waals surface area (Å²) in [7, 11) is 0. The molecule has 1 aliphatic carbocycles. The molecule has 4 N–H and O–H groups in total. The van der Waals surface area contributed by atoms with Crippen LogP contribution in [0.2, 0.25) is 0 Å². The zero-order valence-corrected chi connectivity index (χ0v) is 21.1. The van der Waals surface area contributed by atoms with E-state index >= 15 is 0 Å². The first kappa shape index (κ1) is 23.5. The van der Waals surface area contributed by atoms with Gasteiger partial charge >= 0.3 is 0 Å². The molecule has 0 spiro atoms. The van der Waals surface area contributed by atoms with Crippen molar-refractivity contribution >= 4 is 45.2 Å². The van der Waals surface area contributed by atoms with Crippen LogP contribution in [0.3, 0.4) is 0 Å². The van der Waals surface area contributed by atoms with Crippen LogP contribution in [-0.4, -0.2) is 61.2 Å². The molecule has 188 valence electrons. The normalized spacial score (nSPS) is 23.6. The number of carbonyl (C=O) groups excluding carboxylic acids is 3. The van der Waals surface area contributed by atoms with Gasteiger partial charge in [0.2, 0.25) is 17.7 Å². The minimum atomic E-state index is -0.848. The number of hydrogen-bond acceptors (Lipinski definition) is 8. The topological polar surface area (TPSA) is 146 Å². The Morgan fingerprint density at radius 3 is 2.68 bits per heavy atom. The van der Waals surface area contributed by atoms with E-state index in [1.807, 2.05) is 18.2 Å². The summed E-state index contributed by atoms with van der Waals surface area (Å²) in [5.41, 5.74) is 11.9. The van der Waals surface area contributed by atoms with Crippen molar-refractivity contribution in [3.63, 3.8) is 0 Å². The van der Waals surface area contributed by atoms with E-state index < -0.39 is 18.0 Å².